The zero-order valence-corrected chi connectivity index (χ0v) is 25.6. The number of hydrogen-bond acceptors (Lipinski definition) is 5. The van der Waals surface area contributed by atoms with Crippen molar-refractivity contribution in [3.63, 3.8) is 0 Å². The van der Waals surface area contributed by atoms with Gasteiger partial charge in [-0.05, 0) is 71.3 Å². The molecule has 2 heterocycles. The summed E-state index contributed by atoms with van der Waals surface area (Å²) < 4.78 is 41.7. The van der Waals surface area contributed by atoms with Crippen molar-refractivity contribution in [1.29, 1.82) is 0 Å². The lowest BCUT2D eigenvalue weighted by Gasteiger charge is -2.27. The van der Waals surface area contributed by atoms with Gasteiger partial charge in [0.25, 0.3) is 5.91 Å². The van der Waals surface area contributed by atoms with Gasteiger partial charge in [-0.2, -0.15) is 0 Å². The number of rotatable bonds is 10. The SMILES string of the molecule is CC1CCCC1CCNC(=O)c1cn2c3c(c(NCCc4cccc(OCF)c4)c(F)cc3c1=O)Oc1cc3ccccc3cc1-2. The first-order valence-electron chi connectivity index (χ1n) is 15.8. The highest BCUT2D eigenvalue weighted by Gasteiger charge is 2.29. The maximum atomic E-state index is 15.9. The van der Waals surface area contributed by atoms with E-state index in [-0.39, 0.29) is 22.4 Å². The lowest BCUT2D eigenvalue weighted by atomic mass is 9.95. The van der Waals surface area contributed by atoms with Gasteiger partial charge in [0, 0.05) is 19.3 Å². The number of amides is 1. The van der Waals surface area contributed by atoms with Crippen molar-refractivity contribution in [2.24, 2.45) is 11.8 Å². The molecule has 1 aliphatic heterocycles. The molecule has 2 aliphatic rings. The van der Waals surface area contributed by atoms with Crippen LogP contribution in [0.1, 0.15) is 48.5 Å². The van der Waals surface area contributed by atoms with Crippen LogP contribution < -0.4 is 25.5 Å². The smallest absolute Gasteiger partial charge is 0.256 e. The largest absolute Gasteiger partial charge is 0.463 e. The van der Waals surface area contributed by atoms with Gasteiger partial charge in [0.15, 0.2) is 17.3 Å². The number of anilines is 1. The average Bonchev–Trinajstić information content (AvgIpc) is 3.47. The number of hydrogen-bond donors (Lipinski definition) is 2. The van der Waals surface area contributed by atoms with Gasteiger partial charge in [-0.1, -0.05) is 62.6 Å². The van der Waals surface area contributed by atoms with E-state index in [4.69, 9.17) is 9.47 Å². The Morgan fingerprint density at radius 3 is 2.65 bits per heavy atom. The van der Waals surface area contributed by atoms with Crippen LogP contribution in [0, 0.1) is 17.7 Å². The van der Waals surface area contributed by atoms with Gasteiger partial charge in [-0.25, -0.2) is 8.78 Å². The number of fused-ring (bicyclic) bond motifs is 3. The highest BCUT2D eigenvalue weighted by Crippen LogP contribution is 2.46. The monoisotopic (exact) mass is 623 g/mol. The third-order valence-corrected chi connectivity index (χ3v) is 9.41. The number of carbonyl (C=O) groups excluding carboxylic acids is 1. The van der Waals surface area contributed by atoms with Gasteiger partial charge < -0.3 is 24.7 Å². The van der Waals surface area contributed by atoms with Crippen molar-refractivity contribution in [3.8, 4) is 22.9 Å². The lowest BCUT2D eigenvalue weighted by molar-refractivity contribution is 0.0949. The Hall–Kier alpha value is -4.92. The number of halogens is 2. The summed E-state index contributed by atoms with van der Waals surface area (Å²) in [4.78, 5) is 27.3. The molecule has 0 saturated heterocycles. The van der Waals surface area contributed by atoms with Crippen LogP contribution in [0.25, 0.3) is 27.4 Å². The van der Waals surface area contributed by atoms with E-state index in [1.165, 1.54) is 18.9 Å². The summed E-state index contributed by atoms with van der Waals surface area (Å²) in [6, 6.07) is 19.9. The van der Waals surface area contributed by atoms with Gasteiger partial charge in [0.1, 0.15) is 22.5 Å². The summed E-state index contributed by atoms with van der Waals surface area (Å²) in [5.41, 5.74) is 1.41. The number of nitrogens with zero attached hydrogens (tertiary/aromatic N) is 1. The van der Waals surface area contributed by atoms with Crippen molar-refractivity contribution < 1.29 is 23.0 Å². The Morgan fingerprint density at radius 1 is 1.04 bits per heavy atom. The predicted molar refractivity (Wildman–Crippen MR) is 176 cm³/mol. The van der Waals surface area contributed by atoms with E-state index in [2.05, 4.69) is 17.6 Å². The number of carbonyl (C=O) groups is 1. The normalized spacial score (nSPS) is 16.7. The first kappa shape index (κ1) is 29.8. The second-order valence-corrected chi connectivity index (χ2v) is 12.3. The molecule has 0 spiro atoms. The molecular weight excluding hydrogens is 588 g/mol. The minimum absolute atomic E-state index is 0.0468. The fourth-order valence-electron chi connectivity index (χ4n) is 6.93. The third-order valence-electron chi connectivity index (χ3n) is 9.41. The van der Waals surface area contributed by atoms with Crippen molar-refractivity contribution in [2.75, 3.05) is 25.3 Å². The highest BCUT2D eigenvalue weighted by atomic mass is 19.1. The van der Waals surface area contributed by atoms with E-state index < -0.39 is 24.0 Å². The van der Waals surface area contributed by atoms with Crippen LogP contribution >= 0.6 is 0 Å². The molecule has 9 heteroatoms. The summed E-state index contributed by atoms with van der Waals surface area (Å²) >= 11 is 0. The minimum atomic E-state index is -0.924. The molecule has 1 aromatic heterocycles. The van der Waals surface area contributed by atoms with Gasteiger partial charge in [0.2, 0.25) is 12.3 Å². The van der Waals surface area contributed by atoms with Crippen LogP contribution in [0.5, 0.6) is 17.2 Å². The van der Waals surface area contributed by atoms with Crippen molar-refractivity contribution >= 4 is 33.3 Å². The fraction of sp³-hybridized carbons (Fsp3) is 0.297. The fourth-order valence-corrected chi connectivity index (χ4v) is 6.93. The van der Waals surface area contributed by atoms with Gasteiger partial charge >= 0.3 is 0 Å². The second kappa shape index (κ2) is 12.5. The van der Waals surface area contributed by atoms with Crippen LogP contribution in [0.4, 0.5) is 14.5 Å². The zero-order chi connectivity index (χ0) is 31.8. The van der Waals surface area contributed by atoms with E-state index >= 15 is 4.39 Å². The standard InChI is InChI=1S/C37H35F2N3O4/c1-22-6-4-10-24(22)13-15-41-37(44)29-20-42-31-17-25-8-2-3-9-26(25)18-32(31)46-36-33(30(39)19-28(34(36)42)35(29)43)40-14-12-23-7-5-11-27(16-23)45-21-38/h2-3,5,7-9,11,16-20,22,24,40H,4,6,10,12-15,21H2,1H3,(H,41,44). The molecule has 0 bridgehead atoms. The molecule has 1 fully saturated rings. The van der Waals surface area contributed by atoms with Crippen LogP contribution in [-0.2, 0) is 6.42 Å². The molecule has 2 N–H and O–H groups in total. The molecule has 1 aliphatic carbocycles. The van der Waals surface area contributed by atoms with E-state index in [1.807, 2.05) is 42.5 Å². The Morgan fingerprint density at radius 2 is 1.87 bits per heavy atom. The number of pyridine rings is 1. The molecule has 236 valence electrons. The summed E-state index contributed by atoms with van der Waals surface area (Å²) in [5.74, 6) is 1.11. The molecule has 7 rings (SSSR count). The lowest BCUT2D eigenvalue weighted by Crippen LogP contribution is -2.32. The second-order valence-electron chi connectivity index (χ2n) is 12.3. The topological polar surface area (TPSA) is 81.6 Å². The molecule has 4 aromatic carbocycles. The van der Waals surface area contributed by atoms with Crippen molar-refractivity contribution in [2.45, 2.75) is 39.0 Å². The molecule has 46 heavy (non-hydrogen) atoms. The molecule has 0 radical (unpaired) electrons. The molecule has 2 unspecified atom stereocenters. The molecule has 5 aromatic rings. The van der Waals surface area contributed by atoms with E-state index in [1.54, 1.807) is 29.0 Å². The van der Waals surface area contributed by atoms with E-state index in [0.29, 0.717) is 54.0 Å². The molecular formula is C37H35F2N3O4. The number of ether oxygens (including phenoxy) is 2. The molecule has 7 nitrogen and oxygen atoms in total. The number of nitrogens with one attached hydrogen (secondary N) is 2. The third kappa shape index (κ3) is 5.55. The van der Waals surface area contributed by atoms with E-state index in [0.717, 1.165) is 29.2 Å². The number of alkyl halides is 1. The first-order valence-corrected chi connectivity index (χ1v) is 15.8. The van der Waals surface area contributed by atoms with E-state index in [9.17, 15) is 14.0 Å². The highest BCUT2D eigenvalue weighted by molar-refractivity contribution is 6.02. The Labute approximate surface area is 265 Å². The van der Waals surface area contributed by atoms with Crippen molar-refractivity contribution in [3.05, 3.63) is 100 Å². The maximum absolute atomic E-state index is 15.9. The average molecular weight is 624 g/mol. The summed E-state index contributed by atoms with van der Waals surface area (Å²) in [6.45, 7) is 2.12. The summed E-state index contributed by atoms with van der Waals surface area (Å²) in [6.07, 6.45) is 6.47. The minimum Gasteiger partial charge on any atom is -0.463 e. The van der Waals surface area contributed by atoms with Crippen LogP contribution in [0.15, 0.2) is 77.7 Å². The maximum Gasteiger partial charge on any atom is 0.256 e. The van der Waals surface area contributed by atoms with Crippen molar-refractivity contribution in [1.82, 2.24) is 9.88 Å². The van der Waals surface area contributed by atoms with Gasteiger partial charge in [-0.15, -0.1) is 0 Å². The first-order chi connectivity index (χ1) is 22.4. The Balaban J connectivity index is 1.27. The van der Waals surface area contributed by atoms with Gasteiger partial charge in [0.05, 0.1) is 11.1 Å². The molecule has 2 atom stereocenters. The molecule has 1 amide bonds. The van der Waals surface area contributed by atoms with Crippen LogP contribution in [0.2, 0.25) is 0 Å². The summed E-state index contributed by atoms with van der Waals surface area (Å²) in [7, 11) is 0. The van der Waals surface area contributed by atoms with Crippen LogP contribution in [-0.4, -0.2) is 30.4 Å². The zero-order valence-electron chi connectivity index (χ0n) is 25.6. The molecule has 1 saturated carbocycles. The van der Waals surface area contributed by atoms with Crippen LogP contribution in [0.3, 0.4) is 0 Å². The predicted octanol–water partition coefficient (Wildman–Crippen LogP) is 7.91. The number of aromatic nitrogens is 1. The quantitative estimate of drug-likeness (QED) is 0.162. The summed E-state index contributed by atoms with van der Waals surface area (Å²) in [5, 5.41) is 8.06. The Kier molecular flexibility index (Phi) is 8.07. The van der Waals surface area contributed by atoms with Gasteiger partial charge in [-0.3, -0.25) is 9.59 Å². The number of benzene rings is 4. The Bertz CT molecular complexity index is 2020.